The van der Waals surface area contributed by atoms with Crippen LogP contribution in [-0.4, -0.2) is 34.3 Å². The van der Waals surface area contributed by atoms with E-state index in [-0.39, 0.29) is 29.0 Å². The van der Waals surface area contributed by atoms with Crippen molar-refractivity contribution in [2.75, 3.05) is 13.2 Å². The molecule has 3 rings (SSSR count). The zero-order valence-corrected chi connectivity index (χ0v) is 18.2. The molecular weight excluding hydrogens is 498 g/mol. The van der Waals surface area contributed by atoms with E-state index in [0.29, 0.717) is 15.8 Å². The third-order valence-corrected chi connectivity index (χ3v) is 5.76. The van der Waals surface area contributed by atoms with Gasteiger partial charge in [-0.1, -0.05) is 28.1 Å². The van der Waals surface area contributed by atoms with E-state index in [9.17, 15) is 14.7 Å². The standard InChI is InChI=1S/C19H15Br2NO4S/c1-11-3-2-4-14(7-11)26-6-5-22-18(24)16(27-19(22)25)9-12-8-13(20)10-15(21)17(12)23/h2-4,7-10,23H,5-6H2,1H3/b16-9-. The monoisotopic (exact) mass is 511 g/mol. The maximum Gasteiger partial charge on any atom is 0.293 e. The SMILES string of the molecule is Cc1cccc(OCCN2C(=O)S/C(=C\c3cc(Br)cc(Br)c3O)C2=O)c1. The molecule has 1 fully saturated rings. The van der Waals surface area contributed by atoms with Crippen molar-refractivity contribution in [2.45, 2.75) is 6.92 Å². The fourth-order valence-electron chi connectivity index (χ4n) is 2.49. The van der Waals surface area contributed by atoms with Crippen LogP contribution in [-0.2, 0) is 4.79 Å². The van der Waals surface area contributed by atoms with Gasteiger partial charge in [0.1, 0.15) is 18.1 Å². The Hall–Kier alpha value is -1.77. The van der Waals surface area contributed by atoms with Gasteiger partial charge in [-0.2, -0.15) is 0 Å². The van der Waals surface area contributed by atoms with E-state index in [1.54, 1.807) is 12.1 Å². The largest absolute Gasteiger partial charge is 0.506 e. The second kappa shape index (κ2) is 8.50. The molecule has 1 N–H and O–H groups in total. The first kappa shape index (κ1) is 20.0. The Bertz CT molecular complexity index is 945. The molecule has 0 spiro atoms. The highest BCUT2D eigenvalue weighted by Gasteiger charge is 2.35. The molecule has 5 nitrogen and oxygen atoms in total. The molecule has 0 unspecified atom stereocenters. The zero-order valence-electron chi connectivity index (χ0n) is 14.2. The van der Waals surface area contributed by atoms with Gasteiger partial charge in [0.15, 0.2) is 0 Å². The molecule has 2 amide bonds. The number of hydrogen-bond acceptors (Lipinski definition) is 5. The van der Waals surface area contributed by atoms with Crippen molar-refractivity contribution < 1.29 is 19.4 Å². The van der Waals surface area contributed by atoms with Gasteiger partial charge in [-0.3, -0.25) is 14.5 Å². The zero-order chi connectivity index (χ0) is 19.6. The van der Waals surface area contributed by atoms with Crippen LogP contribution in [0.4, 0.5) is 4.79 Å². The van der Waals surface area contributed by atoms with E-state index >= 15 is 0 Å². The average Bonchev–Trinajstić information content (AvgIpc) is 2.86. The molecule has 1 heterocycles. The second-order valence-corrected chi connectivity index (χ2v) is 8.59. The number of aromatic hydroxyl groups is 1. The topological polar surface area (TPSA) is 66.8 Å². The smallest absolute Gasteiger partial charge is 0.293 e. The lowest BCUT2D eigenvalue weighted by Crippen LogP contribution is -2.32. The van der Waals surface area contributed by atoms with Crippen LogP contribution in [0, 0.1) is 6.92 Å². The van der Waals surface area contributed by atoms with Crippen LogP contribution in [0.1, 0.15) is 11.1 Å². The number of amides is 2. The van der Waals surface area contributed by atoms with Crippen molar-refractivity contribution in [1.82, 2.24) is 4.90 Å². The third kappa shape index (κ3) is 4.75. The van der Waals surface area contributed by atoms with Gasteiger partial charge in [-0.05, 0) is 70.5 Å². The van der Waals surface area contributed by atoms with Crippen molar-refractivity contribution in [2.24, 2.45) is 0 Å². The minimum Gasteiger partial charge on any atom is -0.506 e. The molecule has 1 aliphatic heterocycles. The molecular formula is C19H15Br2NO4S. The molecule has 1 aliphatic rings. The van der Waals surface area contributed by atoms with Gasteiger partial charge in [0.25, 0.3) is 11.1 Å². The van der Waals surface area contributed by atoms with E-state index < -0.39 is 5.91 Å². The Labute approximate surface area is 177 Å². The molecule has 0 saturated carbocycles. The van der Waals surface area contributed by atoms with Crippen LogP contribution in [0.15, 0.2) is 50.2 Å². The molecule has 0 bridgehead atoms. The van der Waals surface area contributed by atoms with Gasteiger partial charge < -0.3 is 9.84 Å². The lowest BCUT2D eigenvalue weighted by atomic mass is 10.2. The summed E-state index contributed by atoms with van der Waals surface area (Å²) < 4.78 is 6.86. The molecule has 0 atom stereocenters. The molecule has 2 aromatic rings. The predicted molar refractivity (Wildman–Crippen MR) is 113 cm³/mol. The maximum atomic E-state index is 12.6. The molecule has 8 heteroatoms. The summed E-state index contributed by atoms with van der Waals surface area (Å²) in [5, 5.41) is 9.78. The van der Waals surface area contributed by atoms with E-state index in [1.165, 1.54) is 6.08 Å². The number of halogens is 2. The molecule has 27 heavy (non-hydrogen) atoms. The minimum atomic E-state index is -0.395. The number of rotatable bonds is 5. The Kier molecular flexibility index (Phi) is 6.29. The number of aryl methyl sites for hydroxylation is 1. The first-order valence-electron chi connectivity index (χ1n) is 7.98. The van der Waals surface area contributed by atoms with Gasteiger partial charge in [0.05, 0.1) is 15.9 Å². The number of thioether (sulfide) groups is 1. The normalized spacial score (nSPS) is 15.7. The third-order valence-electron chi connectivity index (χ3n) is 3.79. The Morgan fingerprint density at radius 3 is 2.74 bits per heavy atom. The fourth-order valence-corrected chi connectivity index (χ4v) is 4.60. The molecule has 140 valence electrons. The van der Waals surface area contributed by atoms with Crippen molar-refractivity contribution >= 4 is 60.8 Å². The van der Waals surface area contributed by atoms with Crippen molar-refractivity contribution in [3.05, 3.63) is 61.4 Å². The molecule has 0 aliphatic carbocycles. The predicted octanol–water partition coefficient (Wildman–Crippen LogP) is 5.34. The first-order valence-corrected chi connectivity index (χ1v) is 10.4. The summed E-state index contributed by atoms with van der Waals surface area (Å²) >= 11 is 7.44. The highest BCUT2D eigenvalue weighted by molar-refractivity contribution is 9.11. The number of benzene rings is 2. The van der Waals surface area contributed by atoms with Gasteiger partial charge in [-0.25, -0.2) is 0 Å². The van der Waals surface area contributed by atoms with Crippen molar-refractivity contribution in [1.29, 1.82) is 0 Å². The van der Waals surface area contributed by atoms with Gasteiger partial charge in [-0.15, -0.1) is 0 Å². The quantitative estimate of drug-likeness (QED) is 0.547. The number of hydrogen-bond donors (Lipinski definition) is 1. The fraction of sp³-hybridized carbons (Fsp3) is 0.158. The summed E-state index contributed by atoms with van der Waals surface area (Å²) in [4.78, 5) is 26.2. The Morgan fingerprint density at radius 1 is 1.22 bits per heavy atom. The summed E-state index contributed by atoms with van der Waals surface area (Å²) in [6.07, 6.45) is 1.51. The van der Waals surface area contributed by atoms with Crippen LogP contribution in [0.5, 0.6) is 11.5 Å². The van der Waals surface area contributed by atoms with E-state index in [4.69, 9.17) is 4.74 Å². The number of phenols is 1. The second-order valence-electron chi connectivity index (χ2n) is 5.82. The van der Waals surface area contributed by atoms with Crippen LogP contribution >= 0.6 is 43.6 Å². The molecule has 0 radical (unpaired) electrons. The number of carbonyl (C=O) groups excluding carboxylic acids is 2. The molecule has 0 aromatic heterocycles. The van der Waals surface area contributed by atoms with Gasteiger partial charge >= 0.3 is 0 Å². The van der Waals surface area contributed by atoms with Gasteiger partial charge in [0, 0.05) is 10.0 Å². The summed E-state index contributed by atoms with van der Waals surface area (Å²) in [6, 6.07) is 10.9. The summed E-state index contributed by atoms with van der Waals surface area (Å²) in [6.45, 7) is 2.33. The number of imide groups is 1. The highest BCUT2D eigenvalue weighted by atomic mass is 79.9. The molecule has 1 saturated heterocycles. The van der Waals surface area contributed by atoms with Crippen LogP contribution in [0.25, 0.3) is 6.08 Å². The summed E-state index contributed by atoms with van der Waals surface area (Å²) in [7, 11) is 0. The number of nitrogens with zero attached hydrogens (tertiary/aromatic N) is 1. The number of carbonyl (C=O) groups is 2. The number of phenolic OH excluding ortho intramolecular Hbond substituents is 1. The van der Waals surface area contributed by atoms with Crippen molar-refractivity contribution in [3.63, 3.8) is 0 Å². The summed E-state index contributed by atoms with van der Waals surface area (Å²) in [5.74, 6) is 0.308. The minimum absolute atomic E-state index is 0.00720. The lowest BCUT2D eigenvalue weighted by molar-refractivity contribution is -0.123. The Balaban J connectivity index is 1.70. The van der Waals surface area contributed by atoms with Crippen LogP contribution < -0.4 is 4.74 Å². The van der Waals surface area contributed by atoms with Gasteiger partial charge in [0.2, 0.25) is 0 Å². The van der Waals surface area contributed by atoms with Crippen LogP contribution in [0.2, 0.25) is 0 Å². The summed E-state index contributed by atoms with van der Waals surface area (Å²) in [5.41, 5.74) is 1.51. The van der Waals surface area contributed by atoms with E-state index in [2.05, 4.69) is 31.9 Å². The highest BCUT2D eigenvalue weighted by Crippen LogP contribution is 2.37. The van der Waals surface area contributed by atoms with Crippen molar-refractivity contribution in [3.8, 4) is 11.5 Å². The Morgan fingerprint density at radius 2 is 2.00 bits per heavy atom. The van der Waals surface area contributed by atoms with E-state index in [1.807, 2.05) is 31.2 Å². The van der Waals surface area contributed by atoms with Crippen LogP contribution in [0.3, 0.4) is 0 Å². The maximum absolute atomic E-state index is 12.6. The lowest BCUT2D eigenvalue weighted by Gasteiger charge is -2.13. The average molecular weight is 513 g/mol. The molecule has 2 aromatic carbocycles. The van der Waals surface area contributed by atoms with E-state index in [0.717, 1.165) is 26.7 Å². The first-order chi connectivity index (χ1) is 12.8. The number of ether oxygens (including phenoxy) is 1.